The van der Waals surface area contributed by atoms with Crippen molar-refractivity contribution in [2.24, 2.45) is 0 Å². The number of aryl methyl sites for hydroxylation is 1. The third-order valence-corrected chi connectivity index (χ3v) is 6.72. The lowest BCUT2D eigenvalue weighted by molar-refractivity contribution is 0.0957. The van der Waals surface area contributed by atoms with Crippen molar-refractivity contribution in [2.45, 2.75) is 13.5 Å². The largest absolute Gasteiger partial charge is 0.365 e. The number of halogens is 3. The number of amides is 1. The summed E-state index contributed by atoms with van der Waals surface area (Å²) in [6, 6.07) is 6.42. The summed E-state index contributed by atoms with van der Waals surface area (Å²) in [6.07, 6.45) is 0. The first-order valence-electron chi connectivity index (χ1n) is 11.0. The van der Waals surface area contributed by atoms with E-state index in [1.165, 1.54) is 17.6 Å². The molecule has 4 heterocycles. The summed E-state index contributed by atoms with van der Waals surface area (Å²) in [4.78, 5) is 34.4. The van der Waals surface area contributed by atoms with E-state index < -0.39 is 23.2 Å². The first kappa shape index (κ1) is 23.2. The van der Waals surface area contributed by atoms with Gasteiger partial charge in [-0.2, -0.15) is 9.49 Å². The molecule has 0 unspecified atom stereocenters. The number of anilines is 1. The zero-order chi connectivity index (χ0) is 24.9. The number of carbonyl (C=O) groups is 1. The summed E-state index contributed by atoms with van der Waals surface area (Å²) in [5.41, 5.74) is 1.42. The van der Waals surface area contributed by atoms with Crippen LogP contribution in [-0.2, 0) is 6.54 Å². The molecule has 0 aliphatic carbocycles. The number of hydrogen-bond donors (Lipinski definition) is 2. The second-order valence-electron chi connectivity index (χ2n) is 8.40. The Morgan fingerprint density at radius 3 is 2.60 bits per heavy atom. The van der Waals surface area contributed by atoms with Crippen molar-refractivity contribution in [1.29, 1.82) is 0 Å². The molecule has 3 aromatic heterocycles. The van der Waals surface area contributed by atoms with Gasteiger partial charge in [-0.15, -0.1) is 0 Å². The maximum atomic E-state index is 15.4. The molecule has 12 heteroatoms. The van der Waals surface area contributed by atoms with E-state index in [1.54, 1.807) is 25.1 Å². The summed E-state index contributed by atoms with van der Waals surface area (Å²) in [7, 11) is 1.46. The van der Waals surface area contributed by atoms with E-state index in [0.717, 1.165) is 0 Å². The van der Waals surface area contributed by atoms with Gasteiger partial charge in [0, 0.05) is 45.3 Å². The Balaban J connectivity index is 1.34. The molecule has 0 atom stereocenters. The second kappa shape index (κ2) is 8.90. The smallest absolute Gasteiger partial charge is 0.276 e. The van der Waals surface area contributed by atoms with Gasteiger partial charge in [0.2, 0.25) is 5.95 Å². The Kier molecular flexibility index (Phi) is 5.89. The SMILES string of the molecule is CNC(=O)c1ccc(N2CCN(Cc3ccc4c([nH]c(=O)c5c(Cl)c(C)nn54)c3F)CC2)c(F)n1. The molecular weight excluding hydrogens is 480 g/mol. The van der Waals surface area contributed by atoms with Crippen molar-refractivity contribution in [3.05, 3.63) is 68.4 Å². The van der Waals surface area contributed by atoms with Crippen molar-refractivity contribution < 1.29 is 13.6 Å². The molecule has 35 heavy (non-hydrogen) atoms. The predicted octanol–water partition coefficient (Wildman–Crippen LogP) is 2.49. The number of aromatic nitrogens is 4. The Morgan fingerprint density at radius 1 is 1.17 bits per heavy atom. The number of nitrogens with one attached hydrogen (secondary N) is 2. The maximum absolute atomic E-state index is 15.4. The lowest BCUT2D eigenvalue weighted by atomic mass is 10.1. The van der Waals surface area contributed by atoms with Crippen LogP contribution in [0.1, 0.15) is 21.7 Å². The van der Waals surface area contributed by atoms with Crippen LogP contribution in [0.15, 0.2) is 29.1 Å². The number of nitrogens with zero attached hydrogens (tertiary/aromatic N) is 5. The molecule has 0 saturated carbocycles. The summed E-state index contributed by atoms with van der Waals surface area (Å²) in [6.45, 7) is 4.16. The van der Waals surface area contributed by atoms with Gasteiger partial charge in [0.15, 0.2) is 11.3 Å². The number of benzene rings is 1. The van der Waals surface area contributed by atoms with Crippen molar-refractivity contribution in [3.8, 4) is 0 Å². The predicted molar refractivity (Wildman–Crippen MR) is 128 cm³/mol. The number of fused-ring (bicyclic) bond motifs is 3. The molecule has 2 N–H and O–H groups in total. The summed E-state index contributed by atoms with van der Waals surface area (Å²) in [5, 5.41) is 6.94. The molecule has 1 saturated heterocycles. The van der Waals surface area contributed by atoms with E-state index in [1.807, 2.05) is 4.90 Å². The van der Waals surface area contributed by atoms with Crippen LogP contribution in [0.5, 0.6) is 0 Å². The second-order valence-corrected chi connectivity index (χ2v) is 8.77. The van der Waals surface area contributed by atoms with Gasteiger partial charge in [-0.3, -0.25) is 14.5 Å². The van der Waals surface area contributed by atoms with Crippen molar-refractivity contribution in [1.82, 2.24) is 29.8 Å². The van der Waals surface area contributed by atoms with Gasteiger partial charge >= 0.3 is 0 Å². The highest BCUT2D eigenvalue weighted by atomic mass is 35.5. The molecule has 1 aliphatic heterocycles. The highest BCUT2D eigenvalue weighted by molar-refractivity contribution is 6.34. The third kappa shape index (κ3) is 4.00. The van der Waals surface area contributed by atoms with E-state index in [-0.39, 0.29) is 21.7 Å². The van der Waals surface area contributed by atoms with Gasteiger partial charge in [0.25, 0.3) is 11.5 Å². The van der Waals surface area contributed by atoms with Crippen LogP contribution in [0, 0.1) is 18.7 Å². The zero-order valence-corrected chi connectivity index (χ0v) is 19.8. The molecule has 182 valence electrons. The number of carbonyl (C=O) groups excluding carboxylic acids is 1. The Hall–Kier alpha value is -3.57. The number of aromatic amines is 1. The number of hydrogen-bond acceptors (Lipinski definition) is 6. The molecule has 4 aromatic rings. The minimum absolute atomic E-state index is 0.0158. The van der Waals surface area contributed by atoms with Gasteiger partial charge < -0.3 is 15.2 Å². The lowest BCUT2D eigenvalue weighted by Gasteiger charge is -2.36. The van der Waals surface area contributed by atoms with Crippen molar-refractivity contribution >= 4 is 39.7 Å². The monoisotopic (exact) mass is 501 g/mol. The van der Waals surface area contributed by atoms with Gasteiger partial charge in [0.1, 0.15) is 11.2 Å². The molecule has 1 amide bonds. The third-order valence-electron chi connectivity index (χ3n) is 6.26. The molecule has 1 aliphatic rings. The number of H-pyrrole nitrogens is 1. The molecule has 0 radical (unpaired) electrons. The highest BCUT2D eigenvalue weighted by Crippen LogP contribution is 2.26. The molecule has 0 bridgehead atoms. The standard InChI is InChI=1S/C23H22ClF2N7O2/c1-12-17(24)20-23(35)29-19-15(33(20)30-12)5-3-13(18(19)25)11-31-7-9-32(10-8-31)16-6-4-14(22(34)27-2)28-21(16)26/h3-6H,7-11H2,1-2H3,(H,27,34)(H,29,35). The van der Waals surface area contributed by atoms with Crippen LogP contribution in [0.25, 0.3) is 16.6 Å². The molecule has 1 aromatic carbocycles. The van der Waals surface area contributed by atoms with Gasteiger partial charge in [-0.05, 0) is 25.1 Å². The van der Waals surface area contributed by atoms with E-state index >= 15 is 4.39 Å². The minimum Gasteiger partial charge on any atom is -0.365 e. The van der Waals surface area contributed by atoms with E-state index in [9.17, 15) is 14.0 Å². The average Bonchev–Trinajstić information content (AvgIpc) is 3.16. The summed E-state index contributed by atoms with van der Waals surface area (Å²) in [5.74, 6) is -1.68. The first-order chi connectivity index (χ1) is 16.8. The van der Waals surface area contributed by atoms with Crippen LogP contribution in [0.4, 0.5) is 14.5 Å². The first-order valence-corrected chi connectivity index (χ1v) is 11.4. The minimum atomic E-state index is -0.704. The van der Waals surface area contributed by atoms with E-state index in [4.69, 9.17) is 11.6 Å². The van der Waals surface area contributed by atoms with Crippen LogP contribution in [0.3, 0.4) is 0 Å². The average molecular weight is 502 g/mol. The fraction of sp³-hybridized carbons (Fsp3) is 0.304. The Labute approximate surface area is 203 Å². The van der Waals surface area contributed by atoms with Crippen LogP contribution in [0.2, 0.25) is 5.02 Å². The Morgan fingerprint density at radius 2 is 1.91 bits per heavy atom. The summed E-state index contributed by atoms with van der Waals surface area (Å²) < 4.78 is 31.3. The lowest BCUT2D eigenvalue weighted by Crippen LogP contribution is -2.46. The number of pyridine rings is 1. The topological polar surface area (TPSA) is 98.6 Å². The van der Waals surface area contributed by atoms with E-state index in [0.29, 0.717) is 55.2 Å². The maximum Gasteiger partial charge on any atom is 0.276 e. The highest BCUT2D eigenvalue weighted by Gasteiger charge is 2.23. The van der Waals surface area contributed by atoms with Crippen molar-refractivity contribution in [2.75, 3.05) is 38.1 Å². The zero-order valence-electron chi connectivity index (χ0n) is 19.0. The summed E-state index contributed by atoms with van der Waals surface area (Å²) >= 11 is 6.19. The normalized spacial score (nSPS) is 14.7. The van der Waals surface area contributed by atoms with E-state index in [2.05, 4.69) is 25.3 Å². The van der Waals surface area contributed by atoms with Gasteiger partial charge in [0.05, 0.1) is 21.9 Å². The van der Waals surface area contributed by atoms with Gasteiger partial charge in [-0.25, -0.2) is 13.9 Å². The molecule has 1 fully saturated rings. The quantitative estimate of drug-likeness (QED) is 0.417. The number of rotatable bonds is 4. The van der Waals surface area contributed by atoms with Crippen LogP contribution < -0.4 is 15.8 Å². The molecule has 9 nitrogen and oxygen atoms in total. The van der Waals surface area contributed by atoms with Crippen molar-refractivity contribution in [3.63, 3.8) is 0 Å². The Bertz CT molecular complexity index is 1530. The fourth-order valence-electron chi connectivity index (χ4n) is 4.38. The molecule has 5 rings (SSSR count). The van der Waals surface area contributed by atoms with Crippen LogP contribution >= 0.6 is 11.6 Å². The van der Waals surface area contributed by atoms with Gasteiger partial charge in [-0.1, -0.05) is 17.7 Å². The molecular formula is C23H22ClF2N7O2. The molecule has 0 spiro atoms. The fourth-order valence-corrected chi connectivity index (χ4v) is 4.59. The van der Waals surface area contributed by atoms with Crippen LogP contribution in [-0.4, -0.2) is 63.6 Å². The number of piperazine rings is 1.